The minimum atomic E-state index is -0.138. The largest absolute Gasteiger partial charge is 0.361 e. The SMILES string of the molecule is [O]Cc1ccc2[nH]ccc2c1. The number of hydrogen-bond acceptors (Lipinski definition) is 0. The van der Waals surface area contributed by atoms with Crippen molar-refractivity contribution in [1.82, 2.24) is 4.98 Å². The third kappa shape index (κ3) is 1.01. The fraction of sp³-hybridized carbons (Fsp3) is 0.111. The van der Waals surface area contributed by atoms with Crippen LogP contribution in [0.4, 0.5) is 0 Å². The first-order valence-electron chi connectivity index (χ1n) is 3.54. The molecule has 0 saturated carbocycles. The van der Waals surface area contributed by atoms with Crippen molar-refractivity contribution in [3.8, 4) is 0 Å². The van der Waals surface area contributed by atoms with Crippen LogP contribution in [0.5, 0.6) is 0 Å². The lowest BCUT2D eigenvalue weighted by atomic mass is 10.2. The van der Waals surface area contributed by atoms with Gasteiger partial charge in [-0.3, -0.25) is 0 Å². The summed E-state index contributed by atoms with van der Waals surface area (Å²) in [5.74, 6) is 0. The Morgan fingerprint density at radius 2 is 2.18 bits per heavy atom. The van der Waals surface area contributed by atoms with Crippen molar-refractivity contribution in [3.63, 3.8) is 0 Å². The summed E-state index contributed by atoms with van der Waals surface area (Å²) in [5, 5.41) is 11.6. The van der Waals surface area contributed by atoms with Crippen LogP contribution in [0, 0.1) is 0 Å². The molecule has 2 aromatic rings. The van der Waals surface area contributed by atoms with Crippen molar-refractivity contribution in [2.75, 3.05) is 0 Å². The Bertz CT molecular complexity index is 364. The minimum absolute atomic E-state index is 0.138. The summed E-state index contributed by atoms with van der Waals surface area (Å²) in [6, 6.07) is 7.67. The zero-order chi connectivity index (χ0) is 7.68. The van der Waals surface area contributed by atoms with E-state index < -0.39 is 0 Å². The van der Waals surface area contributed by atoms with E-state index in [1.165, 1.54) is 0 Å². The van der Waals surface area contributed by atoms with Crippen LogP contribution in [-0.2, 0) is 11.7 Å². The standard InChI is InChI=1S/C9H8NO/c11-6-7-1-2-9-8(5-7)3-4-10-9/h1-5,10H,6H2. The van der Waals surface area contributed by atoms with Crippen molar-refractivity contribution in [2.45, 2.75) is 6.61 Å². The zero-order valence-corrected chi connectivity index (χ0v) is 6.00. The van der Waals surface area contributed by atoms with Gasteiger partial charge < -0.3 is 4.98 Å². The number of aromatic nitrogens is 1. The molecular formula is C9H8NO. The quantitative estimate of drug-likeness (QED) is 0.639. The Labute approximate surface area is 64.5 Å². The first-order valence-corrected chi connectivity index (χ1v) is 3.54. The van der Waals surface area contributed by atoms with E-state index in [1.807, 2.05) is 30.5 Å². The molecule has 0 aliphatic heterocycles. The average Bonchev–Trinajstić information content (AvgIpc) is 2.50. The first-order chi connectivity index (χ1) is 5.40. The lowest BCUT2D eigenvalue weighted by Crippen LogP contribution is -1.78. The Morgan fingerprint density at radius 3 is 3.00 bits per heavy atom. The molecule has 0 aliphatic carbocycles. The fourth-order valence-electron chi connectivity index (χ4n) is 1.19. The van der Waals surface area contributed by atoms with Gasteiger partial charge in [0, 0.05) is 11.7 Å². The van der Waals surface area contributed by atoms with Gasteiger partial charge in [-0.05, 0) is 29.1 Å². The molecule has 11 heavy (non-hydrogen) atoms. The number of fused-ring (bicyclic) bond motifs is 1. The number of aromatic amines is 1. The maximum atomic E-state index is 10.5. The molecule has 0 aliphatic rings. The van der Waals surface area contributed by atoms with Gasteiger partial charge in [-0.25, -0.2) is 5.11 Å². The van der Waals surface area contributed by atoms with E-state index in [-0.39, 0.29) is 6.61 Å². The van der Waals surface area contributed by atoms with Gasteiger partial charge >= 0.3 is 0 Å². The summed E-state index contributed by atoms with van der Waals surface area (Å²) < 4.78 is 0. The highest BCUT2D eigenvalue weighted by atomic mass is 16.3. The Kier molecular flexibility index (Phi) is 1.40. The van der Waals surface area contributed by atoms with E-state index >= 15 is 0 Å². The van der Waals surface area contributed by atoms with Crippen molar-refractivity contribution in [1.29, 1.82) is 0 Å². The summed E-state index contributed by atoms with van der Waals surface area (Å²) >= 11 is 0. The van der Waals surface area contributed by atoms with Crippen LogP contribution in [0.1, 0.15) is 5.56 Å². The Morgan fingerprint density at radius 1 is 1.27 bits per heavy atom. The Hall–Kier alpha value is -1.28. The molecular weight excluding hydrogens is 138 g/mol. The second-order valence-electron chi connectivity index (χ2n) is 2.54. The second kappa shape index (κ2) is 2.40. The van der Waals surface area contributed by atoms with Crippen LogP contribution in [-0.4, -0.2) is 4.98 Å². The third-order valence-corrected chi connectivity index (χ3v) is 1.78. The number of H-pyrrole nitrogens is 1. The Balaban J connectivity index is 2.67. The van der Waals surface area contributed by atoms with E-state index in [4.69, 9.17) is 0 Å². The van der Waals surface area contributed by atoms with E-state index in [2.05, 4.69) is 4.98 Å². The molecule has 0 spiro atoms. The topological polar surface area (TPSA) is 35.7 Å². The number of hydrogen-bond donors (Lipinski definition) is 1. The van der Waals surface area contributed by atoms with Crippen LogP contribution >= 0.6 is 0 Å². The van der Waals surface area contributed by atoms with Crippen molar-refractivity contribution < 1.29 is 5.11 Å². The zero-order valence-electron chi connectivity index (χ0n) is 6.00. The van der Waals surface area contributed by atoms with E-state index in [0.717, 1.165) is 16.5 Å². The van der Waals surface area contributed by atoms with Crippen LogP contribution < -0.4 is 0 Å². The molecule has 2 rings (SSSR count). The molecule has 55 valence electrons. The smallest absolute Gasteiger partial charge is 0.107 e. The number of benzene rings is 1. The van der Waals surface area contributed by atoms with Gasteiger partial charge in [-0.2, -0.15) is 0 Å². The van der Waals surface area contributed by atoms with Crippen LogP contribution in [0.2, 0.25) is 0 Å². The van der Waals surface area contributed by atoms with E-state index in [0.29, 0.717) is 0 Å². The van der Waals surface area contributed by atoms with Crippen molar-refractivity contribution in [2.24, 2.45) is 0 Å². The van der Waals surface area contributed by atoms with Gasteiger partial charge in [-0.15, -0.1) is 0 Å². The van der Waals surface area contributed by atoms with Crippen LogP contribution in [0.25, 0.3) is 10.9 Å². The predicted molar refractivity (Wildman–Crippen MR) is 42.7 cm³/mol. The maximum absolute atomic E-state index is 10.5. The van der Waals surface area contributed by atoms with Gasteiger partial charge in [0.25, 0.3) is 0 Å². The lowest BCUT2D eigenvalue weighted by molar-refractivity contribution is 0.177. The molecule has 2 heteroatoms. The van der Waals surface area contributed by atoms with Crippen LogP contribution in [0.3, 0.4) is 0 Å². The van der Waals surface area contributed by atoms with E-state index in [9.17, 15) is 5.11 Å². The molecule has 0 atom stereocenters. The summed E-state index contributed by atoms with van der Waals surface area (Å²) in [5.41, 5.74) is 1.93. The monoisotopic (exact) mass is 146 g/mol. The van der Waals surface area contributed by atoms with E-state index in [1.54, 1.807) is 0 Å². The molecule has 0 saturated heterocycles. The summed E-state index contributed by atoms with van der Waals surface area (Å²) in [4.78, 5) is 3.07. The summed E-state index contributed by atoms with van der Waals surface area (Å²) in [6.07, 6.45) is 1.87. The highest BCUT2D eigenvalue weighted by Gasteiger charge is 1.94. The van der Waals surface area contributed by atoms with Gasteiger partial charge in [0.1, 0.15) is 6.61 Å². The average molecular weight is 146 g/mol. The van der Waals surface area contributed by atoms with Gasteiger partial charge in [0.05, 0.1) is 0 Å². The van der Waals surface area contributed by atoms with Gasteiger partial charge in [0.2, 0.25) is 0 Å². The molecule has 1 heterocycles. The van der Waals surface area contributed by atoms with Gasteiger partial charge in [-0.1, -0.05) is 6.07 Å². The normalized spacial score (nSPS) is 10.6. The molecule has 0 amide bonds. The molecule has 0 unspecified atom stereocenters. The molecule has 1 aromatic carbocycles. The molecule has 1 aromatic heterocycles. The van der Waals surface area contributed by atoms with Crippen molar-refractivity contribution in [3.05, 3.63) is 36.0 Å². The fourth-order valence-corrected chi connectivity index (χ4v) is 1.19. The first kappa shape index (κ1) is 6.43. The second-order valence-corrected chi connectivity index (χ2v) is 2.54. The predicted octanol–water partition coefficient (Wildman–Crippen LogP) is 2.10. The summed E-state index contributed by atoms with van der Waals surface area (Å²) in [6.45, 7) is -0.138. The van der Waals surface area contributed by atoms with Gasteiger partial charge in [0.15, 0.2) is 0 Å². The maximum Gasteiger partial charge on any atom is 0.107 e. The molecule has 0 fully saturated rings. The van der Waals surface area contributed by atoms with Crippen molar-refractivity contribution >= 4 is 10.9 Å². The molecule has 2 nitrogen and oxygen atoms in total. The summed E-state index contributed by atoms with van der Waals surface area (Å²) in [7, 11) is 0. The molecule has 1 radical (unpaired) electrons. The lowest BCUT2D eigenvalue weighted by Gasteiger charge is -1.93. The highest BCUT2D eigenvalue weighted by Crippen LogP contribution is 2.13. The third-order valence-electron chi connectivity index (χ3n) is 1.78. The minimum Gasteiger partial charge on any atom is -0.361 e. The molecule has 0 bridgehead atoms. The number of rotatable bonds is 1. The number of nitrogens with one attached hydrogen (secondary N) is 1. The van der Waals surface area contributed by atoms with Crippen LogP contribution in [0.15, 0.2) is 30.5 Å². The highest BCUT2D eigenvalue weighted by molar-refractivity contribution is 5.79. The molecule has 1 N–H and O–H groups in total.